The maximum Gasteiger partial charge on any atom is 0.257 e. The highest BCUT2D eigenvalue weighted by Crippen LogP contribution is 2.30. The average molecular weight is 480 g/mol. The van der Waals surface area contributed by atoms with Crippen molar-refractivity contribution in [1.29, 1.82) is 0 Å². The number of nitrogens with one attached hydrogen (secondary N) is 2. The first kappa shape index (κ1) is 22.5. The summed E-state index contributed by atoms with van der Waals surface area (Å²) in [6, 6.07) is 18.7. The zero-order chi connectivity index (χ0) is 23.4. The van der Waals surface area contributed by atoms with Crippen molar-refractivity contribution >= 4 is 46.3 Å². The zero-order valence-electron chi connectivity index (χ0n) is 17.2. The Hall–Kier alpha value is -3.65. The number of aromatic nitrogens is 2. The number of aliphatic hydroxyl groups excluding tert-OH is 1. The van der Waals surface area contributed by atoms with Crippen molar-refractivity contribution in [3.8, 4) is 11.3 Å². The number of nitrogen functional groups attached to an aromatic ring is 1. The molecule has 1 amide bonds. The lowest BCUT2D eigenvalue weighted by molar-refractivity contribution is 0.102. The van der Waals surface area contributed by atoms with Crippen LogP contribution in [0.5, 0.6) is 0 Å². The third-order valence-electron chi connectivity index (χ3n) is 4.81. The van der Waals surface area contributed by atoms with Crippen molar-refractivity contribution in [1.82, 2.24) is 9.97 Å². The van der Waals surface area contributed by atoms with Gasteiger partial charge in [-0.2, -0.15) is 0 Å². The molecule has 5 N–H and O–H groups in total. The van der Waals surface area contributed by atoms with Gasteiger partial charge in [-0.3, -0.25) is 9.78 Å². The second kappa shape index (κ2) is 9.87. The highest BCUT2D eigenvalue weighted by Gasteiger charge is 2.16. The standard InChI is InChI=1S/C24H19Cl2N5O2/c25-19-8-5-15(12-18(19)21-3-1-2-10-28-21)30-24(33)17-7-4-14(11-20(17)26)23(32)31-16-6-9-22(27)29-13-16/h1-13,23,31-32H,(H2,27,29)(H,30,33). The molecule has 0 bridgehead atoms. The Kier molecular flexibility index (Phi) is 6.74. The lowest BCUT2D eigenvalue weighted by Crippen LogP contribution is -2.14. The fraction of sp³-hybridized carbons (Fsp3) is 0.0417. The first-order valence-corrected chi connectivity index (χ1v) is 10.6. The third-order valence-corrected chi connectivity index (χ3v) is 5.45. The van der Waals surface area contributed by atoms with E-state index in [1.807, 2.05) is 18.2 Å². The first-order chi connectivity index (χ1) is 15.9. The maximum atomic E-state index is 12.8. The molecule has 1 atom stereocenters. The summed E-state index contributed by atoms with van der Waals surface area (Å²) < 4.78 is 0. The molecule has 9 heteroatoms. The number of nitrogens with zero attached hydrogens (tertiary/aromatic N) is 2. The van der Waals surface area contributed by atoms with E-state index in [1.54, 1.807) is 48.7 Å². The Balaban J connectivity index is 1.49. The molecule has 0 fully saturated rings. The Morgan fingerprint density at radius 2 is 1.76 bits per heavy atom. The summed E-state index contributed by atoms with van der Waals surface area (Å²) in [6.07, 6.45) is 2.13. The van der Waals surface area contributed by atoms with Crippen LogP contribution in [0.15, 0.2) is 79.1 Å². The van der Waals surface area contributed by atoms with Crippen LogP contribution in [-0.2, 0) is 0 Å². The molecule has 2 heterocycles. The van der Waals surface area contributed by atoms with Crippen LogP contribution >= 0.6 is 23.2 Å². The number of hydrogen-bond acceptors (Lipinski definition) is 6. The SMILES string of the molecule is Nc1ccc(NC(O)c2ccc(C(=O)Nc3ccc(Cl)c(-c4ccccn4)c3)c(Cl)c2)cn1. The van der Waals surface area contributed by atoms with Crippen LogP contribution in [0.1, 0.15) is 22.1 Å². The Morgan fingerprint density at radius 1 is 0.939 bits per heavy atom. The summed E-state index contributed by atoms with van der Waals surface area (Å²) in [5.74, 6) is -0.0210. The van der Waals surface area contributed by atoms with Crippen LogP contribution in [0.25, 0.3) is 11.3 Å². The number of hydrogen-bond donors (Lipinski definition) is 4. The largest absolute Gasteiger partial charge is 0.384 e. The number of pyridine rings is 2. The molecule has 0 spiro atoms. The van der Waals surface area contributed by atoms with Crippen LogP contribution in [0.2, 0.25) is 10.0 Å². The molecule has 1 unspecified atom stereocenters. The Morgan fingerprint density at radius 3 is 2.45 bits per heavy atom. The van der Waals surface area contributed by atoms with E-state index < -0.39 is 12.1 Å². The smallest absolute Gasteiger partial charge is 0.257 e. The minimum atomic E-state index is -1.05. The summed E-state index contributed by atoms with van der Waals surface area (Å²) in [7, 11) is 0. The number of aliphatic hydroxyl groups is 1. The number of carbonyl (C=O) groups excluding carboxylic acids is 1. The van der Waals surface area contributed by atoms with E-state index in [4.69, 9.17) is 28.9 Å². The number of rotatable bonds is 6. The molecule has 2 aromatic carbocycles. The van der Waals surface area contributed by atoms with Gasteiger partial charge in [0.05, 0.1) is 33.2 Å². The normalized spacial score (nSPS) is 11.6. The minimum absolute atomic E-state index is 0.195. The number of benzene rings is 2. The second-order valence-corrected chi connectivity index (χ2v) is 7.94. The number of anilines is 3. The fourth-order valence-electron chi connectivity index (χ4n) is 3.14. The van der Waals surface area contributed by atoms with Crippen molar-refractivity contribution in [2.45, 2.75) is 6.23 Å². The minimum Gasteiger partial charge on any atom is -0.384 e. The van der Waals surface area contributed by atoms with E-state index in [0.29, 0.717) is 39.0 Å². The highest BCUT2D eigenvalue weighted by atomic mass is 35.5. The van der Waals surface area contributed by atoms with Gasteiger partial charge < -0.3 is 21.5 Å². The molecular weight excluding hydrogens is 461 g/mol. The van der Waals surface area contributed by atoms with Gasteiger partial charge in [0.25, 0.3) is 5.91 Å². The molecule has 0 saturated heterocycles. The first-order valence-electron chi connectivity index (χ1n) is 9.88. The number of halogens is 2. The molecule has 0 radical (unpaired) electrons. The van der Waals surface area contributed by atoms with E-state index in [2.05, 4.69) is 20.6 Å². The van der Waals surface area contributed by atoms with Gasteiger partial charge >= 0.3 is 0 Å². The molecule has 0 aliphatic heterocycles. The highest BCUT2D eigenvalue weighted by molar-refractivity contribution is 6.35. The Bertz CT molecular complexity index is 1280. The molecule has 0 aliphatic carbocycles. The average Bonchev–Trinajstić information content (AvgIpc) is 2.82. The predicted octanol–water partition coefficient (Wildman–Crippen LogP) is 5.39. The summed E-state index contributed by atoms with van der Waals surface area (Å²) in [5, 5.41) is 16.9. The summed E-state index contributed by atoms with van der Waals surface area (Å²) >= 11 is 12.7. The maximum absolute atomic E-state index is 12.8. The van der Waals surface area contributed by atoms with Gasteiger partial charge in [-0.1, -0.05) is 35.3 Å². The summed E-state index contributed by atoms with van der Waals surface area (Å²) in [5.41, 5.74) is 8.83. The van der Waals surface area contributed by atoms with E-state index >= 15 is 0 Å². The quantitative estimate of drug-likeness (QED) is 0.276. The van der Waals surface area contributed by atoms with Crippen molar-refractivity contribution in [2.75, 3.05) is 16.4 Å². The van der Waals surface area contributed by atoms with Crippen molar-refractivity contribution in [3.05, 3.63) is 100 Å². The zero-order valence-corrected chi connectivity index (χ0v) is 18.7. The summed E-state index contributed by atoms with van der Waals surface area (Å²) in [4.78, 5) is 21.1. The van der Waals surface area contributed by atoms with Gasteiger partial charge in [-0.05, 0) is 54.6 Å². The third kappa shape index (κ3) is 5.40. The number of carbonyl (C=O) groups is 1. The van der Waals surface area contributed by atoms with Gasteiger partial charge in [0.1, 0.15) is 5.82 Å². The molecule has 0 aliphatic rings. The molecule has 2 aromatic heterocycles. The van der Waals surface area contributed by atoms with Crippen LogP contribution in [-0.4, -0.2) is 21.0 Å². The molecular formula is C24H19Cl2N5O2. The van der Waals surface area contributed by atoms with Gasteiger partial charge in [0.15, 0.2) is 6.23 Å². The van der Waals surface area contributed by atoms with Crippen LogP contribution in [0.4, 0.5) is 17.2 Å². The molecule has 4 rings (SSSR count). The van der Waals surface area contributed by atoms with Gasteiger partial charge in [-0.25, -0.2) is 4.98 Å². The van der Waals surface area contributed by atoms with Crippen LogP contribution in [0.3, 0.4) is 0 Å². The van der Waals surface area contributed by atoms with Crippen molar-refractivity contribution in [2.24, 2.45) is 0 Å². The van der Waals surface area contributed by atoms with Crippen LogP contribution < -0.4 is 16.4 Å². The number of amides is 1. The lowest BCUT2D eigenvalue weighted by atomic mass is 10.1. The van der Waals surface area contributed by atoms with E-state index in [9.17, 15) is 9.90 Å². The van der Waals surface area contributed by atoms with Crippen molar-refractivity contribution < 1.29 is 9.90 Å². The molecule has 4 aromatic rings. The molecule has 166 valence electrons. The predicted molar refractivity (Wildman–Crippen MR) is 131 cm³/mol. The second-order valence-electron chi connectivity index (χ2n) is 7.12. The summed E-state index contributed by atoms with van der Waals surface area (Å²) in [6.45, 7) is 0. The van der Waals surface area contributed by atoms with Gasteiger partial charge in [0, 0.05) is 23.0 Å². The van der Waals surface area contributed by atoms with Crippen LogP contribution in [0, 0.1) is 0 Å². The van der Waals surface area contributed by atoms with Gasteiger partial charge in [-0.15, -0.1) is 0 Å². The molecule has 0 saturated carbocycles. The number of nitrogens with two attached hydrogens (primary N) is 1. The van der Waals surface area contributed by atoms with E-state index in [-0.39, 0.29) is 10.6 Å². The topological polar surface area (TPSA) is 113 Å². The fourth-order valence-corrected chi connectivity index (χ4v) is 3.63. The van der Waals surface area contributed by atoms with E-state index in [0.717, 1.165) is 0 Å². The lowest BCUT2D eigenvalue weighted by Gasteiger charge is -2.16. The molecule has 33 heavy (non-hydrogen) atoms. The van der Waals surface area contributed by atoms with Gasteiger partial charge in [0.2, 0.25) is 0 Å². The Labute approximate surface area is 200 Å². The van der Waals surface area contributed by atoms with Crippen molar-refractivity contribution in [3.63, 3.8) is 0 Å². The monoisotopic (exact) mass is 479 g/mol. The van der Waals surface area contributed by atoms with E-state index in [1.165, 1.54) is 12.3 Å². The molecule has 7 nitrogen and oxygen atoms in total.